The molecule has 3 aromatic rings. The normalized spacial score (nSPS) is 14.7. The van der Waals surface area contributed by atoms with Crippen molar-refractivity contribution in [3.8, 4) is 22.8 Å². The van der Waals surface area contributed by atoms with Gasteiger partial charge in [0.25, 0.3) is 0 Å². The fourth-order valence-electron chi connectivity index (χ4n) is 2.56. The Labute approximate surface area is 139 Å². The van der Waals surface area contributed by atoms with Crippen LogP contribution in [-0.2, 0) is 9.84 Å². The molecule has 122 valence electrons. The van der Waals surface area contributed by atoms with Gasteiger partial charge in [-0.3, -0.25) is 9.97 Å². The van der Waals surface area contributed by atoms with E-state index in [1.54, 1.807) is 24.5 Å². The topological polar surface area (TPSA) is 88.6 Å². The van der Waals surface area contributed by atoms with Crippen molar-refractivity contribution in [3.63, 3.8) is 0 Å². The maximum absolute atomic E-state index is 12.6. The maximum atomic E-state index is 12.6. The molecule has 0 aliphatic heterocycles. The average Bonchev–Trinajstić information content (AvgIpc) is 3.28. The van der Waals surface area contributed by atoms with Gasteiger partial charge in [0.15, 0.2) is 0 Å². The molecule has 1 aliphatic carbocycles. The fourth-order valence-corrected chi connectivity index (χ4v) is 4.16. The molecule has 0 saturated heterocycles. The Morgan fingerprint density at radius 2 is 1.67 bits per heavy atom. The summed E-state index contributed by atoms with van der Waals surface area (Å²) in [4.78, 5) is 15.9. The lowest BCUT2D eigenvalue weighted by Crippen LogP contribution is -2.10. The van der Waals surface area contributed by atoms with Crippen LogP contribution in [0, 0.1) is 5.92 Å². The molecular weight excluding hydrogens is 324 g/mol. The number of imidazole rings is 1. The van der Waals surface area contributed by atoms with Gasteiger partial charge in [0.1, 0.15) is 5.69 Å². The van der Waals surface area contributed by atoms with Gasteiger partial charge in [-0.05, 0) is 43.0 Å². The monoisotopic (exact) mass is 340 g/mol. The molecule has 4 rings (SSSR count). The van der Waals surface area contributed by atoms with Crippen molar-refractivity contribution >= 4 is 9.84 Å². The summed E-state index contributed by atoms with van der Waals surface area (Å²) in [6.45, 7) is 0. The summed E-state index contributed by atoms with van der Waals surface area (Å²) in [5, 5.41) is -0.00398. The van der Waals surface area contributed by atoms with Gasteiger partial charge in [-0.15, -0.1) is 0 Å². The van der Waals surface area contributed by atoms with Crippen molar-refractivity contribution in [2.75, 3.05) is 5.75 Å². The molecule has 0 atom stereocenters. The van der Waals surface area contributed by atoms with E-state index in [2.05, 4.69) is 19.9 Å². The summed E-state index contributed by atoms with van der Waals surface area (Å²) in [5.41, 5.74) is 2.33. The number of hydrogen-bond donors (Lipinski definition) is 1. The Morgan fingerprint density at radius 1 is 1.00 bits per heavy atom. The Kier molecular flexibility index (Phi) is 3.65. The minimum absolute atomic E-state index is 0.00398. The number of sulfone groups is 1. The van der Waals surface area contributed by atoms with Crippen LogP contribution in [-0.4, -0.2) is 34.1 Å². The molecule has 0 bridgehead atoms. The second kappa shape index (κ2) is 5.83. The molecule has 7 heteroatoms. The first kappa shape index (κ1) is 15.0. The first-order valence-corrected chi connectivity index (χ1v) is 9.44. The fraction of sp³-hybridized carbons (Fsp3) is 0.235. The quantitative estimate of drug-likeness (QED) is 0.771. The Bertz CT molecular complexity index is 892. The predicted octanol–water partition coefficient (Wildman–Crippen LogP) is 2.72. The number of nitrogens with zero attached hydrogens (tertiary/aromatic N) is 3. The van der Waals surface area contributed by atoms with E-state index in [0.717, 1.165) is 12.8 Å². The zero-order valence-corrected chi connectivity index (χ0v) is 13.7. The zero-order valence-electron chi connectivity index (χ0n) is 12.9. The summed E-state index contributed by atoms with van der Waals surface area (Å²) < 4.78 is 25.2. The van der Waals surface area contributed by atoms with Gasteiger partial charge in [0, 0.05) is 12.4 Å². The third-order valence-corrected chi connectivity index (χ3v) is 5.65. The van der Waals surface area contributed by atoms with E-state index in [1.807, 2.05) is 24.3 Å². The number of H-pyrrole nitrogens is 1. The van der Waals surface area contributed by atoms with Crippen LogP contribution in [0.3, 0.4) is 0 Å². The van der Waals surface area contributed by atoms with Gasteiger partial charge < -0.3 is 4.98 Å². The molecular formula is C17H16N4O2S. The van der Waals surface area contributed by atoms with Gasteiger partial charge in [0.2, 0.25) is 15.0 Å². The molecule has 0 amide bonds. The highest BCUT2D eigenvalue weighted by Crippen LogP contribution is 2.34. The highest BCUT2D eigenvalue weighted by molar-refractivity contribution is 7.91. The average molecular weight is 340 g/mol. The molecule has 0 spiro atoms. The number of aromatic amines is 1. The Morgan fingerprint density at radius 3 is 2.25 bits per heavy atom. The molecule has 3 heterocycles. The summed E-state index contributed by atoms with van der Waals surface area (Å²) in [6, 6.07) is 10.9. The van der Waals surface area contributed by atoms with E-state index in [0.29, 0.717) is 22.8 Å². The van der Waals surface area contributed by atoms with E-state index in [9.17, 15) is 8.42 Å². The number of pyridine rings is 2. The van der Waals surface area contributed by atoms with Crippen LogP contribution in [0.15, 0.2) is 53.9 Å². The Hall–Kier alpha value is -2.54. The number of rotatable bonds is 5. The largest absolute Gasteiger partial charge is 0.327 e. The van der Waals surface area contributed by atoms with Gasteiger partial charge in [0.05, 0.1) is 22.8 Å². The third-order valence-electron chi connectivity index (χ3n) is 3.96. The van der Waals surface area contributed by atoms with Crippen molar-refractivity contribution in [1.29, 1.82) is 0 Å². The van der Waals surface area contributed by atoms with Crippen molar-refractivity contribution in [3.05, 3.63) is 48.8 Å². The Balaban J connectivity index is 1.85. The summed E-state index contributed by atoms with van der Waals surface area (Å²) in [5.74, 6) is 0.404. The van der Waals surface area contributed by atoms with Crippen LogP contribution in [0.25, 0.3) is 22.8 Å². The van der Waals surface area contributed by atoms with Gasteiger partial charge in [-0.2, -0.15) is 0 Å². The van der Waals surface area contributed by atoms with Crippen molar-refractivity contribution in [1.82, 2.24) is 19.9 Å². The number of aromatic nitrogens is 4. The van der Waals surface area contributed by atoms with Crippen molar-refractivity contribution in [2.45, 2.75) is 18.0 Å². The lowest BCUT2D eigenvalue weighted by Gasteiger charge is -2.00. The summed E-state index contributed by atoms with van der Waals surface area (Å²) in [7, 11) is -3.44. The minimum Gasteiger partial charge on any atom is -0.327 e. The maximum Gasteiger partial charge on any atom is 0.226 e. The molecule has 3 aromatic heterocycles. The molecule has 1 saturated carbocycles. The minimum atomic E-state index is -3.44. The van der Waals surface area contributed by atoms with Gasteiger partial charge in [-0.25, -0.2) is 13.4 Å². The highest BCUT2D eigenvalue weighted by Gasteiger charge is 2.32. The van der Waals surface area contributed by atoms with E-state index in [4.69, 9.17) is 0 Å². The van der Waals surface area contributed by atoms with E-state index >= 15 is 0 Å². The second-order valence-electron chi connectivity index (χ2n) is 5.92. The lowest BCUT2D eigenvalue weighted by molar-refractivity contribution is 0.585. The van der Waals surface area contributed by atoms with Crippen LogP contribution in [0.5, 0.6) is 0 Å². The van der Waals surface area contributed by atoms with Crippen LogP contribution in [0.4, 0.5) is 0 Å². The molecule has 24 heavy (non-hydrogen) atoms. The van der Waals surface area contributed by atoms with Gasteiger partial charge in [-0.1, -0.05) is 12.1 Å². The highest BCUT2D eigenvalue weighted by atomic mass is 32.2. The summed E-state index contributed by atoms with van der Waals surface area (Å²) >= 11 is 0. The van der Waals surface area contributed by atoms with E-state index < -0.39 is 9.84 Å². The molecule has 0 radical (unpaired) electrons. The molecule has 0 aromatic carbocycles. The van der Waals surface area contributed by atoms with E-state index in [1.165, 1.54) is 0 Å². The number of nitrogens with one attached hydrogen (secondary N) is 1. The summed E-state index contributed by atoms with van der Waals surface area (Å²) in [6.07, 6.45) is 5.27. The first-order valence-electron chi connectivity index (χ1n) is 7.79. The standard InChI is InChI=1S/C17H16N4O2S/c22-24(23,11-12-7-8-12)17-20-15(13-5-1-3-9-18-13)16(21-17)14-6-2-4-10-19-14/h1-6,9-10,12H,7-8,11H2,(H,20,21). The third kappa shape index (κ3) is 2.94. The molecule has 1 fully saturated rings. The number of hydrogen-bond acceptors (Lipinski definition) is 5. The SMILES string of the molecule is O=S(=O)(CC1CC1)c1nc(-c2ccccn2)c(-c2ccccn2)[nH]1. The molecule has 1 aliphatic rings. The molecule has 6 nitrogen and oxygen atoms in total. The molecule has 1 N–H and O–H groups in total. The first-order chi connectivity index (χ1) is 11.6. The van der Waals surface area contributed by atoms with Gasteiger partial charge >= 0.3 is 0 Å². The van der Waals surface area contributed by atoms with Crippen LogP contribution >= 0.6 is 0 Å². The van der Waals surface area contributed by atoms with E-state index in [-0.39, 0.29) is 16.8 Å². The van der Waals surface area contributed by atoms with Crippen molar-refractivity contribution < 1.29 is 8.42 Å². The zero-order chi connectivity index (χ0) is 16.6. The van der Waals surface area contributed by atoms with Crippen molar-refractivity contribution in [2.24, 2.45) is 5.92 Å². The van der Waals surface area contributed by atoms with Crippen LogP contribution < -0.4 is 0 Å². The molecule has 0 unspecified atom stereocenters. The predicted molar refractivity (Wildman–Crippen MR) is 89.8 cm³/mol. The van der Waals surface area contributed by atoms with Crippen LogP contribution in [0.1, 0.15) is 12.8 Å². The lowest BCUT2D eigenvalue weighted by atomic mass is 10.2. The second-order valence-corrected chi connectivity index (χ2v) is 7.87. The van der Waals surface area contributed by atoms with Crippen LogP contribution in [0.2, 0.25) is 0 Å². The smallest absolute Gasteiger partial charge is 0.226 e.